The zero-order chi connectivity index (χ0) is 21.8. The second-order valence-electron chi connectivity index (χ2n) is 7.25. The van der Waals surface area contributed by atoms with Crippen molar-refractivity contribution < 1.29 is 14.3 Å². The fourth-order valence-electron chi connectivity index (χ4n) is 3.47. The summed E-state index contributed by atoms with van der Waals surface area (Å²) in [5, 5.41) is 13.4. The molecule has 2 N–H and O–H groups in total. The molecule has 31 heavy (non-hydrogen) atoms. The molecule has 156 valence electrons. The van der Waals surface area contributed by atoms with E-state index in [4.69, 9.17) is 16.7 Å². The van der Waals surface area contributed by atoms with Gasteiger partial charge in [0.2, 0.25) is 0 Å². The Morgan fingerprint density at radius 1 is 1.03 bits per heavy atom. The lowest BCUT2D eigenvalue weighted by atomic mass is 10.00. The van der Waals surface area contributed by atoms with E-state index in [0.29, 0.717) is 29.2 Å². The number of pyridine rings is 1. The number of aryl methyl sites for hydroxylation is 1. The number of hydrogen-bond donors (Lipinski definition) is 2. The first kappa shape index (κ1) is 20.8. The molecule has 1 heterocycles. The van der Waals surface area contributed by atoms with E-state index in [1.165, 1.54) is 6.07 Å². The third-order valence-electron chi connectivity index (χ3n) is 5.15. The third kappa shape index (κ3) is 4.84. The van der Waals surface area contributed by atoms with E-state index in [0.717, 1.165) is 27.6 Å². The molecule has 0 radical (unpaired) electrons. The Kier molecular flexibility index (Phi) is 6.14. The van der Waals surface area contributed by atoms with Crippen molar-refractivity contribution in [3.05, 3.63) is 94.9 Å². The van der Waals surface area contributed by atoms with Gasteiger partial charge in [0.15, 0.2) is 0 Å². The van der Waals surface area contributed by atoms with Crippen molar-refractivity contribution in [2.75, 3.05) is 5.32 Å². The number of carbonyl (C=O) groups is 1. The average molecular weight is 435 g/mol. The van der Waals surface area contributed by atoms with E-state index in [9.17, 15) is 9.18 Å². The minimum atomic E-state index is -0.807. The first-order valence-corrected chi connectivity index (χ1v) is 10.3. The Balaban J connectivity index is 1.64. The molecule has 4 rings (SSSR count). The first-order valence-electron chi connectivity index (χ1n) is 9.88. The van der Waals surface area contributed by atoms with Crippen molar-refractivity contribution in [2.45, 2.75) is 19.4 Å². The summed E-state index contributed by atoms with van der Waals surface area (Å²) >= 11 is 6.42. The largest absolute Gasteiger partial charge is 0.481 e. The van der Waals surface area contributed by atoms with Gasteiger partial charge >= 0.3 is 5.97 Å². The van der Waals surface area contributed by atoms with Crippen LogP contribution in [0.25, 0.3) is 22.0 Å². The highest BCUT2D eigenvalue weighted by atomic mass is 35.5. The summed E-state index contributed by atoms with van der Waals surface area (Å²) in [6, 6.07) is 20.4. The quantitative estimate of drug-likeness (QED) is 0.357. The zero-order valence-corrected chi connectivity index (χ0v) is 17.4. The van der Waals surface area contributed by atoms with Gasteiger partial charge in [0, 0.05) is 30.1 Å². The molecule has 0 spiro atoms. The lowest BCUT2D eigenvalue weighted by Crippen LogP contribution is -2.03. The SMILES string of the molecule is O=C(O)CCc1ccc(-c2ccc3ncc(Cl)c(NCc4ccccc4F)c3c2)cc1. The number of aromatic nitrogens is 1. The van der Waals surface area contributed by atoms with Gasteiger partial charge in [-0.1, -0.05) is 60.1 Å². The van der Waals surface area contributed by atoms with Gasteiger partial charge < -0.3 is 10.4 Å². The molecule has 4 nitrogen and oxygen atoms in total. The van der Waals surface area contributed by atoms with Crippen molar-refractivity contribution in [3.8, 4) is 11.1 Å². The Morgan fingerprint density at radius 2 is 1.77 bits per heavy atom. The normalized spacial score (nSPS) is 10.9. The van der Waals surface area contributed by atoms with Crippen molar-refractivity contribution in [2.24, 2.45) is 0 Å². The predicted molar refractivity (Wildman–Crippen MR) is 122 cm³/mol. The topological polar surface area (TPSA) is 62.2 Å². The number of aliphatic carboxylic acids is 1. The van der Waals surface area contributed by atoms with Crippen LogP contribution in [0.1, 0.15) is 17.5 Å². The summed E-state index contributed by atoms with van der Waals surface area (Å²) in [4.78, 5) is 15.2. The number of carboxylic acids is 1. The second-order valence-corrected chi connectivity index (χ2v) is 7.66. The van der Waals surface area contributed by atoms with Crippen molar-refractivity contribution in [1.29, 1.82) is 0 Å². The van der Waals surface area contributed by atoms with Gasteiger partial charge in [0.05, 0.1) is 16.2 Å². The van der Waals surface area contributed by atoms with Crippen LogP contribution in [0.5, 0.6) is 0 Å². The van der Waals surface area contributed by atoms with E-state index >= 15 is 0 Å². The van der Waals surface area contributed by atoms with Crippen LogP contribution in [0, 0.1) is 5.82 Å². The summed E-state index contributed by atoms with van der Waals surface area (Å²) < 4.78 is 14.0. The van der Waals surface area contributed by atoms with Gasteiger partial charge in [0.25, 0.3) is 0 Å². The standard InChI is InChI=1S/C25H20ClFN2O2/c26-21-15-28-23-11-10-18(17-8-5-16(6-9-17)7-12-24(30)31)13-20(23)25(21)29-14-19-3-1-2-4-22(19)27/h1-6,8-11,13,15H,7,12,14H2,(H,28,29)(H,30,31). The minimum absolute atomic E-state index is 0.108. The van der Waals surface area contributed by atoms with E-state index in [2.05, 4.69) is 10.3 Å². The van der Waals surface area contributed by atoms with Crippen LogP contribution in [-0.4, -0.2) is 16.1 Å². The van der Waals surface area contributed by atoms with Gasteiger partial charge in [-0.25, -0.2) is 4.39 Å². The van der Waals surface area contributed by atoms with Gasteiger partial charge in [-0.2, -0.15) is 0 Å². The second kappa shape index (κ2) is 9.14. The molecule has 0 aliphatic carbocycles. The third-order valence-corrected chi connectivity index (χ3v) is 5.44. The van der Waals surface area contributed by atoms with E-state index in [1.807, 2.05) is 42.5 Å². The molecule has 4 aromatic rings. The number of benzene rings is 3. The molecule has 0 amide bonds. The highest BCUT2D eigenvalue weighted by Crippen LogP contribution is 2.33. The van der Waals surface area contributed by atoms with Crippen molar-refractivity contribution in [1.82, 2.24) is 4.98 Å². The molecule has 1 aromatic heterocycles. The van der Waals surface area contributed by atoms with Gasteiger partial charge in [-0.05, 0) is 41.3 Å². The maximum atomic E-state index is 14.0. The Bertz CT molecular complexity index is 1240. The molecule has 0 aliphatic heterocycles. The van der Waals surface area contributed by atoms with Gasteiger partial charge in [-0.15, -0.1) is 0 Å². The van der Waals surface area contributed by atoms with E-state index in [-0.39, 0.29) is 12.2 Å². The summed E-state index contributed by atoms with van der Waals surface area (Å²) in [7, 11) is 0. The molecule has 3 aromatic carbocycles. The predicted octanol–water partition coefficient (Wildman–Crippen LogP) is 6.32. The van der Waals surface area contributed by atoms with Crippen molar-refractivity contribution >= 4 is 34.2 Å². The average Bonchev–Trinajstić information content (AvgIpc) is 2.78. The van der Waals surface area contributed by atoms with Crippen LogP contribution in [0.2, 0.25) is 5.02 Å². The summed E-state index contributed by atoms with van der Waals surface area (Å²) in [6.45, 7) is 0.300. The van der Waals surface area contributed by atoms with Crippen LogP contribution in [-0.2, 0) is 17.8 Å². The number of fused-ring (bicyclic) bond motifs is 1. The van der Waals surface area contributed by atoms with Crippen LogP contribution >= 0.6 is 11.6 Å². The number of nitrogens with one attached hydrogen (secondary N) is 1. The lowest BCUT2D eigenvalue weighted by Gasteiger charge is -2.13. The number of rotatable bonds is 7. The number of carboxylic acid groups (broad SMARTS) is 1. The maximum absolute atomic E-state index is 14.0. The summed E-state index contributed by atoms with van der Waals surface area (Å²) in [5.41, 5.74) is 4.99. The molecule has 0 fully saturated rings. The summed E-state index contributed by atoms with van der Waals surface area (Å²) in [5.74, 6) is -1.08. The Labute approximate surface area is 184 Å². The minimum Gasteiger partial charge on any atom is -0.481 e. The van der Waals surface area contributed by atoms with Crippen LogP contribution < -0.4 is 5.32 Å². The Hall–Kier alpha value is -3.44. The highest BCUT2D eigenvalue weighted by molar-refractivity contribution is 6.34. The fraction of sp³-hybridized carbons (Fsp3) is 0.120. The van der Waals surface area contributed by atoms with Crippen molar-refractivity contribution in [3.63, 3.8) is 0 Å². The molecule has 6 heteroatoms. The smallest absolute Gasteiger partial charge is 0.303 e. The van der Waals surface area contributed by atoms with Gasteiger partial charge in [-0.3, -0.25) is 9.78 Å². The molecule has 0 aliphatic rings. The van der Waals surface area contributed by atoms with E-state index in [1.54, 1.807) is 24.4 Å². The number of halogens is 2. The lowest BCUT2D eigenvalue weighted by molar-refractivity contribution is -0.136. The number of hydrogen-bond acceptors (Lipinski definition) is 3. The number of anilines is 1. The molecule has 0 bridgehead atoms. The molecular formula is C25H20ClFN2O2. The first-order chi connectivity index (χ1) is 15.0. The zero-order valence-electron chi connectivity index (χ0n) is 16.6. The maximum Gasteiger partial charge on any atom is 0.303 e. The van der Waals surface area contributed by atoms with Crippen LogP contribution in [0.15, 0.2) is 72.9 Å². The van der Waals surface area contributed by atoms with Crippen LogP contribution in [0.3, 0.4) is 0 Å². The van der Waals surface area contributed by atoms with Crippen LogP contribution in [0.4, 0.5) is 10.1 Å². The molecule has 0 saturated carbocycles. The van der Waals surface area contributed by atoms with Gasteiger partial charge in [0.1, 0.15) is 5.82 Å². The Morgan fingerprint density at radius 3 is 2.52 bits per heavy atom. The molecule has 0 saturated heterocycles. The number of nitrogens with zero attached hydrogens (tertiary/aromatic N) is 1. The highest BCUT2D eigenvalue weighted by Gasteiger charge is 2.11. The molecule has 0 unspecified atom stereocenters. The van der Waals surface area contributed by atoms with E-state index < -0.39 is 5.97 Å². The fourth-order valence-corrected chi connectivity index (χ4v) is 3.69. The molecule has 0 atom stereocenters. The monoisotopic (exact) mass is 434 g/mol. The summed E-state index contributed by atoms with van der Waals surface area (Å²) in [6.07, 6.45) is 2.19. The molecular weight excluding hydrogens is 415 g/mol.